The molecule has 9 heteroatoms. The molecule has 0 aliphatic carbocycles. The third kappa shape index (κ3) is 4.96. The van der Waals surface area contributed by atoms with Crippen molar-refractivity contribution in [2.75, 3.05) is 10.6 Å². The second-order valence-corrected chi connectivity index (χ2v) is 6.67. The van der Waals surface area contributed by atoms with E-state index < -0.39 is 11.7 Å². The van der Waals surface area contributed by atoms with Gasteiger partial charge in [-0.25, -0.2) is 4.39 Å². The minimum Gasteiger partial charge on any atom is -0.427 e. The molecule has 32 heavy (non-hydrogen) atoms. The predicted octanol–water partition coefficient (Wildman–Crippen LogP) is 4.80. The summed E-state index contributed by atoms with van der Waals surface area (Å²) in [7, 11) is 0. The molecular weight excluding hydrogens is 415 g/mol. The van der Waals surface area contributed by atoms with E-state index in [1.165, 1.54) is 19.1 Å². The lowest BCUT2D eigenvalue weighted by Crippen LogP contribution is -2.12. The van der Waals surface area contributed by atoms with E-state index in [9.17, 15) is 14.0 Å². The second kappa shape index (κ2) is 9.09. The van der Waals surface area contributed by atoms with Crippen molar-refractivity contribution >= 4 is 29.3 Å². The average Bonchev–Trinajstić information content (AvgIpc) is 3.25. The Morgan fingerprint density at radius 1 is 0.906 bits per heavy atom. The molecule has 0 aliphatic heterocycles. The molecule has 0 atom stereocenters. The number of rotatable bonds is 6. The van der Waals surface area contributed by atoms with Gasteiger partial charge in [-0.15, -0.1) is 5.10 Å². The van der Waals surface area contributed by atoms with E-state index >= 15 is 0 Å². The lowest BCUT2D eigenvalue weighted by molar-refractivity contribution is -0.131. The van der Waals surface area contributed by atoms with Crippen molar-refractivity contribution < 1.29 is 23.1 Å². The molecule has 3 aromatic carbocycles. The molecule has 8 nitrogen and oxygen atoms in total. The van der Waals surface area contributed by atoms with Gasteiger partial charge >= 0.3 is 23.8 Å². The first-order valence-electron chi connectivity index (χ1n) is 9.53. The first kappa shape index (κ1) is 20.7. The first-order valence-corrected chi connectivity index (χ1v) is 9.53. The summed E-state index contributed by atoms with van der Waals surface area (Å²) in [5.74, 6) is -1.27. The zero-order valence-electron chi connectivity index (χ0n) is 16.8. The number of hydrogen-bond donors (Lipinski definition) is 2. The van der Waals surface area contributed by atoms with Gasteiger partial charge in [-0.3, -0.25) is 9.59 Å². The summed E-state index contributed by atoms with van der Waals surface area (Å²) in [5.41, 5.74) is 2.50. The SMILES string of the molecule is CC(=O)Oc1ccc(-c2ccc(NC(=O)c3nnc(Nc4ccccc4F)o3)cc2)cc1. The molecule has 0 fully saturated rings. The quantitative estimate of drug-likeness (QED) is 0.333. The lowest BCUT2D eigenvalue weighted by Gasteiger charge is -2.06. The first-order chi connectivity index (χ1) is 15.5. The molecule has 0 aliphatic rings. The van der Waals surface area contributed by atoms with Gasteiger partial charge < -0.3 is 19.8 Å². The number of carbonyl (C=O) groups excluding carboxylic acids is 2. The molecule has 0 spiro atoms. The Morgan fingerprint density at radius 3 is 2.22 bits per heavy atom. The number of benzene rings is 3. The number of nitrogens with zero attached hydrogens (tertiary/aromatic N) is 2. The van der Waals surface area contributed by atoms with E-state index in [1.54, 1.807) is 36.4 Å². The fourth-order valence-corrected chi connectivity index (χ4v) is 2.86. The Kier molecular flexibility index (Phi) is 5.89. The van der Waals surface area contributed by atoms with Crippen LogP contribution < -0.4 is 15.4 Å². The van der Waals surface area contributed by atoms with Crippen LogP contribution in [-0.2, 0) is 4.79 Å². The Bertz CT molecular complexity index is 1250. The van der Waals surface area contributed by atoms with Crippen LogP contribution in [0, 0.1) is 5.82 Å². The Hall–Kier alpha value is -4.53. The van der Waals surface area contributed by atoms with Gasteiger partial charge in [-0.1, -0.05) is 41.5 Å². The molecule has 1 amide bonds. The van der Waals surface area contributed by atoms with Crippen LogP contribution in [0.2, 0.25) is 0 Å². The summed E-state index contributed by atoms with van der Waals surface area (Å²) in [6.07, 6.45) is 0. The fourth-order valence-electron chi connectivity index (χ4n) is 2.86. The number of esters is 1. The summed E-state index contributed by atoms with van der Waals surface area (Å²) >= 11 is 0. The zero-order valence-corrected chi connectivity index (χ0v) is 16.8. The summed E-state index contributed by atoms with van der Waals surface area (Å²) in [5, 5.41) is 12.7. The van der Waals surface area contributed by atoms with Crippen LogP contribution in [0.1, 0.15) is 17.6 Å². The normalized spacial score (nSPS) is 10.4. The van der Waals surface area contributed by atoms with Crippen LogP contribution in [0.3, 0.4) is 0 Å². The summed E-state index contributed by atoms with van der Waals surface area (Å²) in [6.45, 7) is 1.34. The molecule has 0 bridgehead atoms. The topological polar surface area (TPSA) is 106 Å². The number of ether oxygens (including phenoxy) is 1. The molecule has 4 rings (SSSR count). The number of anilines is 3. The highest BCUT2D eigenvalue weighted by Gasteiger charge is 2.16. The summed E-state index contributed by atoms with van der Waals surface area (Å²) in [4.78, 5) is 23.4. The number of para-hydroxylation sites is 1. The highest BCUT2D eigenvalue weighted by molar-refractivity contribution is 6.01. The largest absolute Gasteiger partial charge is 0.427 e. The lowest BCUT2D eigenvalue weighted by atomic mass is 10.1. The van der Waals surface area contributed by atoms with Crippen molar-refractivity contribution in [2.24, 2.45) is 0 Å². The van der Waals surface area contributed by atoms with Crippen LogP contribution in [0.15, 0.2) is 77.2 Å². The monoisotopic (exact) mass is 432 g/mol. The molecule has 1 heterocycles. The van der Waals surface area contributed by atoms with E-state index in [-0.39, 0.29) is 23.6 Å². The molecule has 0 saturated heterocycles. The maximum Gasteiger partial charge on any atom is 0.320 e. The molecule has 0 radical (unpaired) electrons. The smallest absolute Gasteiger partial charge is 0.320 e. The number of halogens is 1. The predicted molar refractivity (Wildman–Crippen MR) is 115 cm³/mol. The van der Waals surface area contributed by atoms with Crippen LogP contribution in [0.25, 0.3) is 11.1 Å². The van der Waals surface area contributed by atoms with E-state index in [4.69, 9.17) is 9.15 Å². The number of aromatic nitrogens is 2. The second-order valence-electron chi connectivity index (χ2n) is 6.67. The molecule has 2 N–H and O–H groups in total. The number of nitrogens with one attached hydrogen (secondary N) is 2. The summed E-state index contributed by atoms with van der Waals surface area (Å²) < 4.78 is 24.0. The van der Waals surface area contributed by atoms with Crippen molar-refractivity contribution in [3.63, 3.8) is 0 Å². The maximum atomic E-state index is 13.7. The van der Waals surface area contributed by atoms with E-state index in [1.807, 2.05) is 24.3 Å². The third-order valence-corrected chi connectivity index (χ3v) is 4.33. The van der Waals surface area contributed by atoms with Gasteiger partial charge in [0.05, 0.1) is 5.69 Å². The highest BCUT2D eigenvalue weighted by atomic mass is 19.1. The van der Waals surface area contributed by atoms with Crippen LogP contribution in [-0.4, -0.2) is 22.1 Å². The van der Waals surface area contributed by atoms with Crippen LogP contribution >= 0.6 is 0 Å². The molecule has 160 valence electrons. The van der Waals surface area contributed by atoms with Crippen molar-refractivity contribution in [1.29, 1.82) is 0 Å². The third-order valence-electron chi connectivity index (χ3n) is 4.33. The van der Waals surface area contributed by atoms with Gasteiger partial charge in [0.15, 0.2) is 0 Å². The van der Waals surface area contributed by atoms with Gasteiger partial charge in [0.1, 0.15) is 11.6 Å². The van der Waals surface area contributed by atoms with E-state index in [0.29, 0.717) is 11.4 Å². The Balaban J connectivity index is 1.39. The summed E-state index contributed by atoms with van der Waals surface area (Å²) in [6, 6.07) is 20.0. The molecule has 1 aromatic heterocycles. The number of carbonyl (C=O) groups is 2. The molecule has 4 aromatic rings. The molecule has 0 unspecified atom stereocenters. The molecule has 0 saturated carbocycles. The highest BCUT2D eigenvalue weighted by Crippen LogP contribution is 2.24. The van der Waals surface area contributed by atoms with Crippen molar-refractivity contribution in [3.05, 3.63) is 84.5 Å². The molecular formula is C23H17FN4O4. The maximum absolute atomic E-state index is 13.7. The van der Waals surface area contributed by atoms with E-state index in [0.717, 1.165) is 11.1 Å². The van der Waals surface area contributed by atoms with Gasteiger partial charge in [0.25, 0.3) is 0 Å². The van der Waals surface area contributed by atoms with Gasteiger partial charge in [0, 0.05) is 12.6 Å². The standard InChI is InChI=1S/C23H17FN4O4/c1-14(29)31-18-12-8-16(9-13-18)15-6-10-17(11-7-15)25-21(30)22-27-28-23(32-22)26-20-5-3-2-4-19(20)24/h2-13H,1H3,(H,25,30)(H,26,28). The van der Waals surface area contributed by atoms with Crippen LogP contribution in [0.5, 0.6) is 5.75 Å². The van der Waals surface area contributed by atoms with Crippen LogP contribution in [0.4, 0.5) is 21.8 Å². The average molecular weight is 432 g/mol. The van der Waals surface area contributed by atoms with E-state index in [2.05, 4.69) is 20.8 Å². The van der Waals surface area contributed by atoms with Crippen molar-refractivity contribution in [1.82, 2.24) is 10.2 Å². The minimum atomic E-state index is -0.599. The Labute approximate surface area is 182 Å². The van der Waals surface area contributed by atoms with Crippen molar-refractivity contribution in [3.8, 4) is 16.9 Å². The Morgan fingerprint density at radius 2 is 1.56 bits per heavy atom. The minimum absolute atomic E-state index is 0.104. The zero-order chi connectivity index (χ0) is 22.5. The van der Waals surface area contributed by atoms with Gasteiger partial charge in [-0.2, -0.15) is 0 Å². The van der Waals surface area contributed by atoms with Gasteiger partial charge in [-0.05, 0) is 47.5 Å². The number of hydrogen-bond acceptors (Lipinski definition) is 7. The van der Waals surface area contributed by atoms with Gasteiger partial charge in [0.2, 0.25) is 0 Å². The fraction of sp³-hybridized carbons (Fsp3) is 0.0435. The van der Waals surface area contributed by atoms with Crippen molar-refractivity contribution in [2.45, 2.75) is 6.92 Å². The number of amides is 1.